The molecule has 2 aromatic carbocycles. The van der Waals surface area contributed by atoms with Gasteiger partial charge in [0.05, 0.1) is 10.0 Å². The standard InChI is InChI=1S/C18H19Cl2NO2/c19-15-10-9-13(12-16(15)20)6-4-5-11-21-17(18(22)23)14-7-2-1-3-8-14/h1-3,7-10,12,17,21H,4-6,11H2,(H,22,23)/t17-/m0/s1. The first-order chi connectivity index (χ1) is 11.1. The van der Waals surface area contributed by atoms with Crippen molar-refractivity contribution in [1.82, 2.24) is 5.32 Å². The summed E-state index contributed by atoms with van der Waals surface area (Å²) in [4.78, 5) is 11.4. The van der Waals surface area contributed by atoms with Crippen molar-refractivity contribution in [3.8, 4) is 0 Å². The van der Waals surface area contributed by atoms with Crippen molar-refractivity contribution < 1.29 is 9.90 Å². The first-order valence-electron chi connectivity index (χ1n) is 7.53. The lowest BCUT2D eigenvalue weighted by molar-refractivity contribution is -0.139. The molecular weight excluding hydrogens is 333 g/mol. The molecule has 0 heterocycles. The van der Waals surface area contributed by atoms with Crippen LogP contribution in [-0.4, -0.2) is 17.6 Å². The molecule has 3 nitrogen and oxygen atoms in total. The number of hydrogen-bond acceptors (Lipinski definition) is 2. The lowest BCUT2D eigenvalue weighted by atomic mass is 10.1. The first-order valence-corrected chi connectivity index (χ1v) is 8.28. The average Bonchev–Trinajstić information content (AvgIpc) is 2.54. The Morgan fingerprint density at radius 3 is 2.43 bits per heavy atom. The van der Waals surface area contributed by atoms with Crippen LogP contribution in [0, 0.1) is 0 Å². The normalized spacial score (nSPS) is 12.1. The molecule has 0 fully saturated rings. The summed E-state index contributed by atoms with van der Waals surface area (Å²) >= 11 is 11.9. The molecule has 0 bridgehead atoms. The minimum Gasteiger partial charge on any atom is -0.480 e. The first kappa shape index (κ1) is 17.8. The summed E-state index contributed by atoms with van der Waals surface area (Å²) < 4.78 is 0. The maximum absolute atomic E-state index is 11.4. The Morgan fingerprint density at radius 2 is 1.78 bits per heavy atom. The molecular formula is C18H19Cl2NO2. The molecule has 122 valence electrons. The third kappa shape index (κ3) is 5.54. The molecule has 0 aliphatic rings. The molecule has 2 rings (SSSR count). The third-order valence-corrected chi connectivity index (χ3v) is 4.34. The van der Waals surface area contributed by atoms with Crippen LogP contribution < -0.4 is 5.32 Å². The monoisotopic (exact) mass is 351 g/mol. The molecule has 1 atom stereocenters. The molecule has 5 heteroatoms. The number of carbonyl (C=O) groups is 1. The number of aryl methyl sites for hydroxylation is 1. The Bertz CT molecular complexity index is 647. The van der Waals surface area contributed by atoms with Crippen LogP contribution in [0.1, 0.15) is 30.0 Å². The van der Waals surface area contributed by atoms with Gasteiger partial charge in [0.25, 0.3) is 0 Å². The number of halogens is 2. The van der Waals surface area contributed by atoms with Crippen molar-refractivity contribution in [3.05, 3.63) is 69.7 Å². The lowest BCUT2D eigenvalue weighted by Crippen LogP contribution is -2.29. The van der Waals surface area contributed by atoms with Crippen LogP contribution in [0.4, 0.5) is 0 Å². The third-order valence-electron chi connectivity index (χ3n) is 3.60. The van der Waals surface area contributed by atoms with E-state index in [1.54, 1.807) is 6.07 Å². The molecule has 23 heavy (non-hydrogen) atoms. The second-order valence-corrected chi connectivity index (χ2v) is 6.16. The fourth-order valence-corrected chi connectivity index (χ4v) is 2.71. The van der Waals surface area contributed by atoms with E-state index >= 15 is 0 Å². The zero-order valence-electron chi connectivity index (χ0n) is 12.6. The second kappa shape index (κ2) is 8.92. The van der Waals surface area contributed by atoms with Crippen LogP contribution in [-0.2, 0) is 11.2 Å². The predicted molar refractivity (Wildman–Crippen MR) is 94.2 cm³/mol. The molecule has 0 amide bonds. The Balaban J connectivity index is 1.77. The summed E-state index contributed by atoms with van der Waals surface area (Å²) in [7, 11) is 0. The van der Waals surface area contributed by atoms with Gasteiger partial charge in [-0.05, 0) is 49.1 Å². The fourth-order valence-electron chi connectivity index (χ4n) is 2.39. The van der Waals surface area contributed by atoms with Crippen molar-refractivity contribution in [1.29, 1.82) is 0 Å². The maximum atomic E-state index is 11.4. The highest BCUT2D eigenvalue weighted by molar-refractivity contribution is 6.42. The van der Waals surface area contributed by atoms with Gasteiger partial charge in [0.1, 0.15) is 6.04 Å². The van der Waals surface area contributed by atoms with E-state index in [-0.39, 0.29) is 0 Å². The Morgan fingerprint density at radius 1 is 1.04 bits per heavy atom. The summed E-state index contributed by atoms with van der Waals surface area (Å²) in [6.45, 7) is 0.646. The Hall–Kier alpha value is -1.55. The number of rotatable bonds is 8. The zero-order chi connectivity index (χ0) is 16.7. The van der Waals surface area contributed by atoms with Crippen molar-refractivity contribution in [2.75, 3.05) is 6.54 Å². The molecule has 2 N–H and O–H groups in total. The summed E-state index contributed by atoms with van der Waals surface area (Å²) in [5.41, 5.74) is 1.90. The predicted octanol–water partition coefficient (Wildman–Crippen LogP) is 4.73. The summed E-state index contributed by atoms with van der Waals surface area (Å²) in [5.74, 6) is -0.860. The molecule has 0 unspecified atom stereocenters. The number of aliphatic carboxylic acids is 1. The van der Waals surface area contributed by atoms with Crippen LogP contribution in [0.2, 0.25) is 10.0 Å². The van der Waals surface area contributed by atoms with Gasteiger partial charge in [-0.3, -0.25) is 4.79 Å². The number of benzene rings is 2. The highest BCUT2D eigenvalue weighted by Crippen LogP contribution is 2.23. The minimum absolute atomic E-state index is 0.559. The van der Waals surface area contributed by atoms with E-state index in [0.29, 0.717) is 16.6 Å². The number of hydrogen-bond donors (Lipinski definition) is 2. The van der Waals surface area contributed by atoms with Crippen LogP contribution in [0.15, 0.2) is 48.5 Å². The second-order valence-electron chi connectivity index (χ2n) is 5.34. The van der Waals surface area contributed by atoms with E-state index in [4.69, 9.17) is 23.2 Å². The van der Waals surface area contributed by atoms with Gasteiger partial charge in [-0.2, -0.15) is 0 Å². The molecule has 0 aliphatic heterocycles. The molecule has 0 aromatic heterocycles. The summed E-state index contributed by atoms with van der Waals surface area (Å²) in [6, 6.07) is 14.2. The van der Waals surface area contributed by atoms with Crippen LogP contribution >= 0.6 is 23.2 Å². The fraction of sp³-hybridized carbons (Fsp3) is 0.278. The maximum Gasteiger partial charge on any atom is 0.325 e. The van der Waals surface area contributed by atoms with E-state index in [9.17, 15) is 9.90 Å². The van der Waals surface area contributed by atoms with Gasteiger partial charge in [0.15, 0.2) is 0 Å². The van der Waals surface area contributed by atoms with Crippen molar-refractivity contribution >= 4 is 29.2 Å². The van der Waals surface area contributed by atoms with E-state index in [1.165, 1.54) is 0 Å². The SMILES string of the molecule is O=C(O)[C@@H](NCCCCc1ccc(Cl)c(Cl)c1)c1ccccc1. The van der Waals surface area contributed by atoms with Gasteiger partial charge < -0.3 is 10.4 Å². The van der Waals surface area contributed by atoms with E-state index in [0.717, 1.165) is 30.4 Å². The van der Waals surface area contributed by atoms with Gasteiger partial charge in [-0.15, -0.1) is 0 Å². The van der Waals surface area contributed by atoms with E-state index < -0.39 is 12.0 Å². The highest BCUT2D eigenvalue weighted by Gasteiger charge is 2.17. The van der Waals surface area contributed by atoms with Gasteiger partial charge >= 0.3 is 5.97 Å². The quantitative estimate of drug-likeness (QED) is 0.675. The lowest BCUT2D eigenvalue weighted by Gasteiger charge is -2.14. The Labute approximate surface area is 146 Å². The van der Waals surface area contributed by atoms with Gasteiger partial charge in [0, 0.05) is 0 Å². The number of carboxylic acids is 1. The molecule has 0 saturated carbocycles. The molecule has 0 spiro atoms. The highest BCUT2D eigenvalue weighted by atomic mass is 35.5. The number of unbranched alkanes of at least 4 members (excludes halogenated alkanes) is 1. The van der Waals surface area contributed by atoms with Crippen LogP contribution in [0.25, 0.3) is 0 Å². The zero-order valence-corrected chi connectivity index (χ0v) is 14.1. The summed E-state index contributed by atoms with van der Waals surface area (Å²) in [6.07, 6.45) is 2.73. The molecule has 0 radical (unpaired) electrons. The topological polar surface area (TPSA) is 49.3 Å². The van der Waals surface area contributed by atoms with Crippen LogP contribution in [0.5, 0.6) is 0 Å². The van der Waals surface area contributed by atoms with Crippen LogP contribution in [0.3, 0.4) is 0 Å². The minimum atomic E-state index is -0.860. The van der Waals surface area contributed by atoms with Gasteiger partial charge in [-0.25, -0.2) is 0 Å². The van der Waals surface area contributed by atoms with E-state index in [2.05, 4.69) is 5.32 Å². The molecule has 2 aromatic rings. The molecule has 0 aliphatic carbocycles. The summed E-state index contributed by atoms with van der Waals surface area (Å²) in [5, 5.41) is 13.6. The van der Waals surface area contributed by atoms with Gasteiger partial charge in [0.2, 0.25) is 0 Å². The largest absolute Gasteiger partial charge is 0.480 e. The van der Waals surface area contributed by atoms with Crippen molar-refractivity contribution in [2.24, 2.45) is 0 Å². The number of carboxylic acid groups (broad SMARTS) is 1. The molecule has 0 saturated heterocycles. The number of nitrogens with one attached hydrogen (secondary N) is 1. The van der Waals surface area contributed by atoms with E-state index in [1.807, 2.05) is 42.5 Å². The van der Waals surface area contributed by atoms with Crippen molar-refractivity contribution in [2.45, 2.75) is 25.3 Å². The smallest absolute Gasteiger partial charge is 0.325 e. The average molecular weight is 352 g/mol. The Kier molecular flexibility index (Phi) is 6.90. The van der Waals surface area contributed by atoms with Gasteiger partial charge in [-0.1, -0.05) is 59.6 Å². The van der Waals surface area contributed by atoms with Crippen molar-refractivity contribution in [3.63, 3.8) is 0 Å².